The van der Waals surface area contributed by atoms with Crippen molar-refractivity contribution in [2.24, 2.45) is 28.6 Å². The van der Waals surface area contributed by atoms with Crippen LogP contribution in [0.4, 0.5) is 4.39 Å². The highest BCUT2D eigenvalue weighted by molar-refractivity contribution is 6.01. The van der Waals surface area contributed by atoms with Crippen LogP contribution in [0, 0.1) is 28.6 Å². The lowest BCUT2D eigenvalue weighted by atomic mass is 9.43. The fraction of sp³-hybridized carbons (Fsp3) is 0.727. The number of alkyl halides is 1. The van der Waals surface area contributed by atoms with Gasteiger partial charge in [0.25, 0.3) is 0 Å². The number of allylic oxidation sites excluding steroid dienone is 4. The molecule has 0 bridgehead atoms. The fourth-order valence-electron chi connectivity index (χ4n) is 7.59. The number of aliphatic hydroxyl groups is 1. The van der Waals surface area contributed by atoms with Crippen LogP contribution in [0.5, 0.6) is 0 Å². The molecular weight excluding hydrogens is 347 g/mol. The summed E-state index contributed by atoms with van der Waals surface area (Å²) in [5.74, 6) is -0.328. The number of carbonyl (C=O) groups is 2. The summed E-state index contributed by atoms with van der Waals surface area (Å²) < 4.78 is 22.8. The molecule has 5 rings (SSSR count). The van der Waals surface area contributed by atoms with Crippen LogP contribution in [0.15, 0.2) is 23.8 Å². The van der Waals surface area contributed by atoms with E-state index in [9.17, 15) is 14.7 Å². The monoisotopic (exact) mass is 374 g/mol. The maximum atomic E-state index is 16.9. The molecule has 27 heavy (non-hydrogen) atoms. The molecule has 0 amide bonds. The maximum Gasteiger partial charge on any atom is 0.190 e. The van der Waals surface area contributed by atoms with Crippen LogP contribution >= 0.6 is 0 Å². The van der Waals surface area contributed by atoms with E-state index in [1.54, 1.807) is 12.2 Å². The van der Waals surface area contributed by atoms with E-state index in [0.717, 1.165) is 12.0 Å². The van der Waals surface area contributed by atoms with E-state index < -0.39 is 28.2 Å². The number of carbonyl (C=O) groups excluding carboxylic acids is 2. The van der Waals surface area contributed by atoms with Gasteiger partial charge in [-0.1, -0.05) is 25.5 Å². The first-order chi connectivity index (χ1) is 12.6. The number of hydrogen-bond donors (Lipinski definition) is 1. The predicted molar refractivity (Wildman–Crippen MR) is 96.6 cm³/mol. The highest BCUT2D eigenvalue weighted by atomic mass is 19.1. The van der Waals surface area contributed by atoms with E-state index >= 15 is 4.39 Å². The molecule has 4 fully saturated rings. The summed E-state index contributed by atoms with van der Waals surface area (Å²) in [4.78, 5) is 24.4. The maximum absolute atomic E-state index is 16.9. The van der Waals surface area contributed by atoms with E-state index in [2.05, 4.69) is 0 Å². The lowest BCUT2D eigenvalue weighted by molar-refractivity contribution is -0.246. The van der Waals surface area contributed by atoms with Gasteiger partial charge < -0.3 is 9.84 Å². The molecule has 0 aromatic heterocycles. The van der Waals surface area contributed by atoms with Gasteiger partial charge in [0.15, 0.2) is 17.2 Å². The second-order valence-electron chi connectivity index (χ2n) is 9.87. The smallest absolute Gasteiger partial charge is 0.190 e. The summed E-state index contributed by atoms with van der Waals surface area (Å²) in [5, 5.41) is 11.2. The van der Waals surface area contributed by atoms with Crippen LogP contribution < -0.4 is 0 Å². The molecule has 4 nitrogen and oxygen atoms in total. The van der Waals surface area contributed by atoms with E-state index in [4.69, 9.17) is 4.74 Å². The van der Waals surface area contributed by atoms with Gasteiger partial charge in [0.1, 0.15) is 12.2 Å². The Hall–Kier alpha value is -1.33. The number of hydrogen-bond acceptors (Lipinski definition) is 4. The molecule has 3 saturated carbocycles. The summed E-state index contributed by atoms with van der Waals surface area (Å²) in [6.45, 7) is 6.02. The largest absolute Gasteiger partial charge is 0.390 e. The van der Waals surface area contributed by atoms with Crippen molar-refractivity contribution in [3.8, 4) is 0 Å². The first kappa shape index (κ1) is 17.7. The van der Waals surface area contributed by atoms with Crippen LogP contribution in [-0.4, -0.2) is 40.7 Å². The van der Waals surface area contributed by atoms with Crippen molar-refractivity contribution in [3.63, 3.8) is 0 Å². The molecule has 1 N–H and O–H groups in total. The Morgan fingerprint density at radius 3 is 2.63 bits per heavy atom. The molecule has 1 saturated heterocycles. The van der Waals surface area contributed by atoms with Gasteiger partial charge in [-0.15, -0.1) is 0 Å². The van der Waals surface area contributed by atoms with Gasteiger partial charge in [-0.2, -0.15) is 0 Å². The van der Waals surface area contributed by atoms with Crippen molar-refractivity contribution < 1.29 is 23.8 Å². The Balaban J connectivity index is 1.64. The molecule has 5 aliphatic rings. The van der Waals surface area contributed by atoms with Crippen molar-refractivity contribution in [1.82, 2.24) is 0 Å². The van der Waals surface area contributed by atoms with Crippen LogP contribution in [0.1, 0.15) is 46.5 Å². The van der Waals surface area contributed by atoms with Gasteiger partial charge in [-0.05, 0) is 56.6 Å². The van der Waals surface area contributed by atoms with Crippen molar-refractivity contribution in [3.05, 3.63) is 23.8 Å². The minimum absolute atomic E-state index is 0.0120. The summed E-state index contributed by atoms with van der Waals surface area (Å²) in [7, 11) is 0. The molecule has 0 aromatic rings. The SMILES string of the molecule is C[C@@H]1C[C@H]2[C@@H]3CC[C@]4(OCC4=O)[C@@]3(C)C[C@H](O)[C@]2(F)[C@@]2(C)C=CC(=O)C=C12. The highest BCUT2D eigenvalue weighted by Gasteiger charge is 2.76. The van der Waals surface area contributed by atoms with Gasteiger partial charge in [0.2, 0.25) is 0 Å². The van der Waals surface area contributed by atoms with Gasteiger partial charge in [-0.25, -0.2) is 4.39 Å². The Bertz CT molecular complexity index is 817. The van der Waals surface area contributed by atoms with E-state index in [1.807, 2.05) is 20.8 Å². The van der Waals surface area contributed by atoms with E-state index in [0.29, 0.717) is 12.8 Å². The second-order valence-corrected chi connectivity index (χ2v) is 9.87. The number of ether oxygens (including phenoxy) is 1. The lowest BCUT2D eigenvalue weighted by Gasteiger charge is -2.64. The van der Waals surface area contributed by atoms with Gasteiger partial charge in [0.05, 0.1) is 6.10 Å². The van der Waals surface area contributed by atoms with Crippen molar-refractivity contribution in [2.45, 2.75) is 63.8 Å². The van der Waals surface area contributed by atoms with Gasteiger partial charge in [-0.3, -0.25) is 9.59 Å². The minimum Gasteiger partial charge on any atom is -0.390 e. The Kier molecular flexibility index (Phi) is 3.27. The van der Waals surface area contributed by atoms with Crippen molar-refractivity contribution in [1.29, 1.82) is 0 Å². The minimum atomic E-state index is -1.84. The Labute approximate surface area is 158 Å². The number of rotatable bonds is 0. The number of aliphatic hydroxyl groups excluding tert-OH is 1. The van der Waals surface area contributed by atoms with Gasteiger partial charge in [0, 0.05) is 16.7 Å². The highest BCUT2D eigenvalue weighted by Crippen LogP contribution is 2.71. The van der Waals surface area contributed by atoms with Crippen LogP contribution in [0.2, 0.25) is 0 Å². The van der Waals surface area contributed by atoms with Crippen LogP contribution in [0.3, 0.4) is 0 Å². The topological polar surface area (TPSA) is 63.6 Å². The third-order valence-electron chi connectivity index (χ3n) is 8.99. The van der Waals surface area contributed by atoms with Crippen molar-refractivity contribution in [2.75, 3.05) is 6.61 Å². The zero-order valence-electron chi connectivity index (χ0n) is 16.1. The van der Waals surface area contributed by atoms with E-state index in [1.165, 1.54) is 6.08 Å². The predicted octanol–water partition coefficient (Wildman–Crippen LogP) is 2.94. The third kappa shape index (κ3) is 1.73. The number of Topliss-reactive ketones (excluding diaryl/α,β-unsaturated/α-hetero) is 1. The standard InChI is InChI=1S/C22H27FO4/c1-12-8-16-14-5-7-21(18(26)11-27-21)20(14,3)10-17(25)22(16,23)19(2)6-4-13(24)9-15(12)19/h4,6,9,12,14,16-17,25H,5,7-8,10-11H2,1-3H3/t12-,14+,16+,17+,19+,20+,21-,22+/m1/s1. The normalized spacial score (nSPS) is 56.3. The molecule has 5 heteroatoms. The Morgan fingerprint density at radius 2 is 2.00 bits per heavy atom. The third-order valence-corrected chi connectivity index (χ3v) is 8.99. The first-order valence-electron chi connectivity index (χ1n) is 10.1. The fourth-order valence-corrected chi connectivity index (χ4v) is 7.59. The molecule has 1 spiro atoms. The summed E-state index contributed by atoms with van der Waals surface area (Å²) in [5.41, 5.74) is -3.42. The molecule has 1 aliphatic heterocycles. The molecule has 8 atom stereocenters. The number of ketones is 2. The number of fused-ring (bicyclic) bond motifs is 6. The van der Waals surface area contributed by atoms with Crippen LogP contribution in [-0.2, 0) is 14.3 Å². The van der Waals surface area contributed by atoms with Crippen molar-refractivity contribution >= 4 is 11.6 Å². The lowest BCUT2D eigenvalue weighted by Crippen LogP contribution is -2.72. The Morgan fingerprint density at radius 1 is 1.26 bits per heavy atom. The van der Waals surface area contributed by atoms with Crippen LogP contribution in [0.25, 0.3) is 0 Å². The zero-order valence-corrected chi connectivity index (χ0v) is 16.1. The zero-order chi connectivity index (χ0) is 19.4. The second kappa shape index (κ2) is 4.98. The molecule has 0 unspecified atom stereocenters. The molecule has 1 heterocycles. The molecular formula is C22H27FO4. The average molecular weight is 374 g/mol. The van der Waals surface area contributed by atoms with E-state index in [-0.39, 0.29) is 42.3 Å². The average Bonchev–Trinajstić information content (AvgIpc) is 2.93. The quantitative estimate of drug-likeness (QED) is 0.708. The summed E-state index contributed by atoms with van der Waals surface area (Å²) in [6.07, 6.45) is 5.65. The molecule has 4 aliphatic carbocycles. The summed E-state index contributed by atoms with van der Waals surface area (Å²) >= 11 is 0. The molecule has 146 valence electrons. The molecule has 0 aromatic carbocycles. The number of halogens is 1. The summed E-state index contributed by atoms with van der Waals surface area (Å²) in [6, 6.07) is 0. The molecule has 0 radical (unpaired) electrons. The van der Waals surface area contributed by atoms with Gasteiger partial charge >= 0.3 is 0 Å². The first-order valence-corrected chi connectivity index (χ1v) is 10.1.